The van der Waals surface area contributed by atoms with Crippen LogP contribution < -0.4 is 15.0 Å². The zero-order valence-corrected chi connectivity index (χ0v) is 18.8. The average molecular weight is 461 g/mol. The molecule has 1 saturated heterocycles. The van der Waals surface area contributed by atoms with E-state index in [1.54, 1.807) is 42.5 Å². The number of imide groups is 2. The van der Waals surface area contributed by atoms with Crippen molar-refractivity contribution >= 4 is 41.2 Å². The summed E-state index contributed by atoms with van der Waals surface area (Å²) >= 11 is 5.99. The van der Waals surface area contributed by atoms with Crippen LogP contribution in [0.15, 0.2) is 72.3 Å². The summed E-state index contributed by atoms with van der Waals surface area (Å²) in [7, 11) is 0. The van der Waals surface area contributed by atoms with Gasteiger partial charge in [0.25, 0.3) is 11.8 Å². The van der Waals surface area contributed by atoms with Gasteiger partial charge in [0.1, 0.15) is 17.9 Å². The SMILES string of the molecule is Cc1ccc(N2C(=O)NC(=O)/C(=C\c3ccc(OCc4cccc(Cl)c4)cc3)C2=O)cc1C. The minimum absolute atomic E-state index is 0.125. The van der Waals surface area contributed by atoms with E-state index < -0.39 is 17.8 Å². The highest BCUT2D eigenvalue weighted by molar-refractivity contribution is 6.39. The number of nitrogens with zero attached hydrogens (tertiary/aromatic N) is 1. The average Bonchev–Trinajstić information content (AvgIpc) is 2.78. The van der Waals surface area contributed by atoms with Gasteiger partial charge < -0.3 is 4.74 Å². The lowest BCUT2D eigenvalue weighted by Crippen LogP contribution is -2.54. The van der Waals surface area contributed by atoms with Crippen LogP contribution in [0.1, 0.15) is 22.3 Å². The second-order valence-corrected chi connectivity index (χ2v) is 8.15. The van der Waals surface area contributed by atoms with E-state index in [2.05, 4.69) is 5.32 Å². The van der Waals surface area contributed by atoms with E-state index in [1.165, 1.54) is 6.08 Å². The van der Waals surface area contributed by atoms with Gasteiger partial charge in [0.2, 0.25) is 0 Å². The van der Waals surface area contributed by atoms with Crippen molar-refractivity contribution in [3.05, 3.63) is 99.6 Å². The molecule has 0 bridgehead atoms. The third-order valence-corrected chi connectivity index (χ3v) is 5.57. The molecule has 1 aliphatic heterocycles. The Morgan fingerprint density at radius 1 is 0.939 bits per heavy atom. The van der Waals surface area contributed by atoms with E-state index in [0.717, 1.165) is 21.6 Å². The number of aryl methyl sites for hydroxylation is 2. The first-order valence-corrected chi connectivity index (χ1v) is 10.7. The summed E-state index contributed by atoms with van der Waals surface area (Å²) in [4.78, 5) is 38.8. The van der Waals surface area contributed by atoms with Crippen LogP contribution >= 0.6 is 11.6 Å². The smallest absolute Gasteiger partial charge is 0.335 e. The zero-order valence-electron chi connectivity index (χ0n) is 18.1. The molecule has 1 fully saturated rings. The molecule has 33 heavy (non-hydrogen) atoms. The van der Waals surface area contributed by atoms with E-state index in [0.29, 0.717) is 28.6 Å². The quantitative estimate of drug-likeness (QED) is 0.419. The van der Waals surface area contributed by atoms with Gasteiger partial charge in [0.05, 0.1) is 5.69 Å². The van der Waals surface area contributed by atoms with Crippen molar-refractivity contribution in [2.75, 3.05) is 4.90 Å². The van der Waals surface area contributed by atoms with Gasteiger partial charge in [0.15, 0.2) is 0 Å². The van der Waals surface area contributed by atoms with E-state index in [9.17, 15) is 14.4 Å². The standard InChI is InChI=1S/C26H21ClN2O4/c1-16-6-9-21(12-17(16)2)29-25(31)23(24(30)28-26(29)32)14-18-7-10-22(11-8-18)33-15-19-4-3-5-20(27)13-19/h3-14H,15H2,1-2H3,(H,28,30,32)/b23-14+. The van der Waals surface area contributed by atoms with E-state index in [4.69, 9.17) is 16.3 Å². The number of ether oxygens (including phenoxy) is 1. The molecule has 4 amide bonds. The number of halogens is 1. The van der Waals surface area contributed by atoms with Crippen LogP contribution in [0.5, 0.6) is 5.75 Å². The number of barbiturate groups is 1. The molecule has 166 valence electrons. The van der Waals surface area contributed by atoms with E-state index in [1.807, 2.05) is 38.1 Å². The lowest BCUT2D eigenvalue weighted by molar-refractivity contribution is -0.122. The fourth-order valence-electron chi connectivity index (χ4n) is 3.38. The van der Waals surface area contributed by atoms with Crippen molar-refractivity contribution in [1.82, 2.24) is 5.32 Å². The minimum atomic E-state index is -0.768. The van der Waals surface area contributed by atoms with Gasteiger partial charge >= 0.3 is 6.03 Å². The lowest BCUT2D eigenvalue weighted by atomic mass is 10.1. The van der Waals surface area contributed by atoms with Gasteiger partial charge in [-0.3, -0.25) is 14.9 Å². The fraction of sp³-hybridized carbons (Fsp3) is 0.115. The van der Waals surface area contributed by atoms with Crippen LogP contribution in [-0.2, 0) is 16.2 Å². The van der Waals surface area contributed by atoms with Crippen LogP contribution in [-0.4, -0.2) is 17.8 Å². The van der Waals surface area contributed by atoms with Crippen molar-refractivity contribution in [3.8, 4) is 5.75 Å². The van der Waals surface area contributed by atoms with E-state index >= 15 is 0 Å². The van der Waals surface area contributed by atoms with Gasteiger partial charge in [-0.05, 0) is 78.6 Å². The van der Waals surface area contributed by atoms with Crippen LogP contribution in [0, 0.1) is 13.8 Å². The Morgan fingerprint density at radius 3 is 2.39 bits per heavy atom. The normalized spacial score (nSPS) is 15.1. The molecule has 3 aromatic carbocycles. The molecule has 4 rings (SSSR count). The molecule has 0 atom stereocenters. The minimum Gasteiger partial charge on any atom is -0.489 e. The summed E-state index contributed by atoms with van der Waals surface area (Å²) in [5, 5.41) is 2.88. The highest BCUT2D eigenvalue weighted by Gasteiger charge is 2.36. The summed E-state index contributed by atoms with van der Waals surface area (Å²) in [6, 6.07) is 18.8. The van der Waals surface area contributed by atoms with Gasteiger partial charge in [-0.1, -0.05) is 41.9 Å². The van der Waals surface area contributed by atoms with Crippen molar-refractivity contribution in [2.24, 2.45) is 0 Å². The number of anilines is 1. The van der Waals surface area contributed by atoms with Gasteiger partial charge in [-0.15, -0.1) is 0 Å². The number of hydrogen-bond acceptors (Lipinski definition) is 4. The monoisotopic (exact) mass is 460 g/mol. The summed E-state index contributed by atoms with van der Waals surface area (Å²) in [6.45, 7) is 4.19. The maximum absolute atomic E-state index is 13.0. The van der Waals surface area contributed by atoms with Crippen molar-refractivity contribution in [2.45, 2.75) is 20.5 Å². The Kier molecular flexibility index (Phi) is 6.29. The molecular formula is C26H21ClN2O4. The predicted octanol–water partition coefficient (Wildman–Crippen LogP) is 5.20. The Hall–Kier alpha value is -3.90. The number of carbonyl (C=O) groups excluding carboxylic acids is 3. The van der Waals surface area contributed by atoms with Crippen LogP contribution in [0.2, 0.25) is 5.02 Å². The van der Waals surface area contributed by atoms with Crippen LogP contribution in [0.4, 0.5) is 10.5 Å². The third-order valence-electron chi connectivity index (χ3n) is 5.34. The Morgan fingerprint density at radius 2 is 1.70 bits per heavy atom. The van der Waals surface area contributed by atoms with E-state index in [-0.39, 0.29) is 5.57 Å². The third kappa shape index (κ3) is 4.96. The molecule has 1 aliphatic rings. The number of rotatable bonds is 5. The largest absolute Gasteiger partial charge is 0.489 e. The molecule has 0 aromatic heterocycles. The van der Waals surface area contributed by atoms with Crippen molar-refractivity contribution in [3.63, 3.8) is 0 Å². The van der Waals surface area contributed by atoms with Crippen molar-refractivity contribution < 1.29 is 19.1 Å². The van der Waals surface area contributed by atoms with Gasteiger partial charge in [-0.25, -0.2) is 9.69 Å². The van der Waals surface area contributed by atoms with Crippen LogP contribution in [0.25, 0.3) is 6.08 Å². The summed E-state index contributed by atoms with van der Waals surface area (Å²) in [5.74, 6) is -0.775. The lowest BCUT2D eigenvalue weighted by Gasteiger charge is -2.26. The molecule has 0 saturated carbocycles. The highest BCUT2D eigenvalue weighted by Crippen LogP contribution is 2.25. The Bertz CT molecular complexity index is 1280. The first-order chi connectivity index (χ1) is 15.8. The molecule has 0 aliphatic carbocycles. The highest BCUT2D eigenvalue weighted by atomic mass is 35.5. The molecule has 0 unspecified atom stereocenters. The second kappa shape index (κ2) is 9.30. The molecular weight excluding hydrogens is 440 g/mol. The molecule has 0 radical (unpaired) electrons. The number of urea groups is 1. The predicted molar refractivity (Wildman–Crippen MR) is 127 cm³/mol. The maximum Gasteiger partial charge on any atom is 0.335 e. The van der Waals surface area contributed by atoms with Crippen molar-refractivity contribution in [1.29, 1.82) is 0 Å². The molecule has 0 spiro atoms. The van der Waals surface area contributed by atoms with Crippen LogP contribution in [0.3, 0.4) is 0 Å². The Balaban J connectivity index is 1.53. The summed E-state index contributed by atoms with van der Waals surface area (Å²) < 4.78 is 5.77. The summed E-state index contributed by atoms with van der Waals surface area (Å²) in [6.07, 6.45) is 1.46. The zero-order chi connectivity index (χ0) is 23.5. The van der Waals surface area contributed by atoms with Gasteiger partial charge in [0, 0.05) is 5.02 Å². The fourth-order valence-corrected chi connectivity index (χ4v) is 3.59. The summed E-state index contributed by atoms with van der Waals surface area (Å²) in [5.41, 5.74) is 3.81. The topological polar surface area (TPSA) is 75.7 Å². The first kappa shape index (κ1) is 22.3. The number of nitrogens with one attached hydrogen (secondary N) is 1. The molecule has 1 heterocycles. The molecule has 6 nitrogen and oxygen atoms in total. The second-order valence-electron chi connectivity index (χ2n) is 7.71. The number of benzene rings is 3. The number of carbonyl (C=O) groups is 3. The maximum atomic E-state index is 13.0. The Labute approximate surface area is 196 Å². The molecule has 3 aromatic rings. The number of amides is 4. The first-order valence-electron chi connectivity index (χ1n) is 10.3. The number of hydrogen-bond donors (Lipinski definition) is 1. The molecule has 1 N–H and O–H groups in total. The van der Waals surface area contributed by atoms with Gasteiger partial charge in [-0.2, -0.15) is 0 Å². The molecule has 7 heteroatoms.